The zero-order chi connectivity index (χ0) is 21.8. The Hall–Kier alpha value is -2.31. The summed E-state index contributed by atoms with van der Waals surface area (Å²) in [5.74, 6) is 0.255. The summed E-state index contributed by atoms with van der Waals surface area (Å²) in [6.07, 6.45) is 9.77. The maximum Gasteiger partial charge on any atom is 0.268 e. The Morgan fingerprint density at radius 2 is 1.77 bits per heavy atom. The lowest BCUT2D eigenvalue weighted by Gasteiger charge is -2.32. The number of halogens is 1. The van der Waals surface area contributed by atoms with E-state index in [1.807, 2.05) is 24.3 Å². The van der Waals surface area contributed by atoms with Crippen LogP contribution in [0.25, 0.3) is 10.9 Å². The number of likely N-dealkylation sites (tertiary alicyclic amines) is 1. The molecule has 7 heteroatoms. The number of fused-ring (bicyclic) bond motifs is 1. The molecule has 1 aromatic heterocycles. The molecule has 31 heavy (non-hydrogen) atoms. The Morgan fingerprint density at radius 3 is 2.52 bits per heavy atom. The van der Waals surface area contributed by atoms with Crippen LogP contribution in [0, 0.1) is 5.92 Å². The Kier molecular flexibility index (Phi) is 6.98. The highest BCUT2D eigenvalue weighted by molar-refractivity contribution is 6.31. The van der Waals surface area contributed by atoms with Gasteiger partial charge >= 0.3 is 0 Å². The van der Waals surface area contributed by atoms with Gasteiger partial charge in [-0.2, -0.15) is 0 Å². The van der Waals surface area contributed by atoms with Gasteiger partial charge in [-0.05, 0) is 82.1 Å². The van der Waals surface area contributed by atoms with Gasteiger partial charge in [-0.15, -0.1) is 0 Å². The number of hydrogen-bond acceptors (Lipinski definition) is 3. The number of benzene rings is 1. The van der Waals surface area contributed by atoms with E-state index in [4.69, 9.17) is 11.6 Å². The van der Waals surface area contributed by atoms with E-state index >= 15 is 0 Å². The third-order valence-electron chi connectivity index (χ3n) is 6.52. The molecule has 3 N–H and O–H groups in total. The zero-order valence-electron chi connectivity index (χ0n) is 18.0. The number of nitrogens with one attached hydrogen (secondary N) is 3. The normalized spacial score (nSPS) is 23.3. The molecule has 1 aliphatic carbocycles. The molecule has 0 spiro atoms. The van der Waals surface area contributed by atoms with E-state index in [0.717, 1.165) is 62.5 Å². The van der Waals surface area contributed by atoms with Crippen LogP contribution in [-0.4, -0.2) is 53.9 Å². The molecule has 2 amide bonds. The summed E-state index contributed by atoms with van der Waals surface area (Å²) in [4.78, 5) is 30.9. The van der Waals surface area contributed by atoms with Gasteiger partial charge in [0.2, 0.25) is 5.91 Å². The standard InChI is InChI=1S/C24H31ClN4O2/c1-29-12-10-16(11-13-29)6-9-23(30)27-20-4-2-3-5-21(20)28-24(31)22-15-17-14-18(25)7-8-19(17)26-22/h6-9,14-16,20-21,26H,2-5,10-13H2,1H3,(H,27,30)(H,28,31)/t20-,21+/m1/s1. The van der Waals surface area contributed by atoms with E-state index in [9.17, 15) is 9.59 Å². The molecule has 2 aromatic rings. The van der Waals surface area contributed by atoms with Crippen molar-refractivity contribution in [3.8, 4) is 0 Å². The van der Waals surface area contributed by atoms with Crippen LogP contribution in [0.3, 0.4) is 0 Å². The van der Waals surface area contributed by atoms with Crippen molar-refractivity contribution in [1.82, 2.24) is 20.5 Å². The highest BCUT2D eigenvalue weighted by Gasteiger charge is 2.28. The second-order valence-electron chi connectivity index (χ2n) is 8.89. The van der Waals surface area contributed by atoms with Gasteiger partial charge in [-0.1, -0.05) is 30.5 Å². The molecule has 2 aliphatic rings. The molecule has 6 nitrogen and oxygen atoms in total. The van der Waals surface area contributed by atoms with Crippen LogP contribution in [0.2, 0.25) is 5.02 Å². The number of amides is 2. The molecule has 2 fully saturated rings. The lowest BCUT2D eigenvalue weighted by atomic mass is 9.90. The lowest BCUT2D eigenvalue weighted by molar-refractivity contribution is -0.117. The SMILES string of the molecule is CN1CCC(C=CC(=O)N[C@@H]2CCCC[C@@H]2NC(=O)c2cc3cc(Cl)ccc3[nH]2)CC1. The lowest BCUT2D eigenvalue weighted by Crippen LogP contribution is -2.53. The Bertz CT molecular complexity index is 962. The molecular formula is C24H31ClN4O2. The number of carbonyl (C=O) groups excluding carboxylic acids is 2. The fraction of sp³-hybridized carbons (Fsp3) is 0.500. The van der Waals surface area contributed by atoms with Crippen molar-refractivity contribution in [3.63, 3.8) is 0 Å². The van der Waals surface area contributed by atoms with E-state index in [-0.39, 0.29) is 23.9 Å². The first kappa shape index (κ1) is 21.9. The first-order chi connectivity index (χ1) is 15.0. The number of hydrogen-bond donors (Lipinski definition) is 3. The number of nitrogens with zero attached hydrogens (tertiary/aromatic N) is 1. The largest absolute Gasteiger partial charge is 0.351 e. The minimum Gasteiger partial charge on any atom is -0.351 e. The van der Waals surface area contributed by atoms with Gasteiger partial charge in [0.25, 0.3) is 5.91 Å². The zero-order valence-corrected chi connectivity index (χ0v) is 18.8. The topological polar surface area (TPSA) is 77.2 Å². The maximum absolute atomic E-state index is 12.9. The van der Waals surface area contributed by atoms with E-state index in [1.165, 1.54) is 0 Å². The molecule has 4 rings (SSSR count). The average molecular weight is 443 g/mol. The van der Waals surface area contributed by atoms with E-state index in [0.29, 0.717) is 16.6 Å². The van der Waals surface area contributed by atoms with E-state index in [2.05, 4.69) is 27.6 Å². The molecule has 1 saturated heterocycles. The van der Waals surface area contributed by atoms with Crippen molar-refractivity contribution >= 4 is 34.3 Å². The summed E-state index contributed by atoms with van der Waals surface area (Å²) in [5.41, 5.74) is 1.39. The predicted octanol–water partition coefficient (Wildman–Crippen LogP) is 3.88. The second kappa shape index (κ2) is 9.88. The molecule has 0 unspecified atom stereocenters. The average Bonchev–Trinajstić information content (AvgIpc) is 3.18. The van der Waals surface area contributed by atoms with Crippen LogP contribution < -0.4 is 10.6 Å². The van der Waals surface area contributed by atoms with Crippen LogP contribution in [-0.2, 0) is 4.79 Å². The Morgan fingerprint density at radius 1 is 1.06 bits per heavy atom. The monoisotopic (exact) mass is 442 g/mol. The van der Waals surface area contributed by atoms with Crippen molar-refractivity contribution in [3.05, 3.63) is 47.1 Å². The van der Waals surface area contributed by atoms with E-state index in [1.54, 1.807) is 12.1 Å². The molecule has 2 atom stereocenters. The molecule has 0 bridgehead atoms. The second-order valence-corrected chi connectivity index (χ2v) is 9.33. The van der Waals surface area contributed by atoms with Gasteiger partial charge in [0, 0.05) is 28.0 Å². The number of rotatable bonds is 5. The van der Waals surface area contributed by atoms with Crippen molar-refractivity contribution in [2.24, 2.45) is 5.92 Å². The van der Waals surface area contributed by atoms with Gasteiger partial charge in [-0.3, -0.25) is 9.59 Å². The van der Waals surface area contributed by atoms with Gasteiger partial charge in [-0.25, -0.2) is 0 Å². The summed E-state index contributed by atoms with van der Waals surface area (Å²) >= 11 is 6.05. The smallest absolute Gasteiger partial charge is 0.268 e. The third kappa shape index (κ3) is 5.69. The molecule has 1 saturated carbocycles. The van der Waals surface area contributed by atoms with Gasteiger partial charge in [0.15, 0.2) is 0 Å². The predicted molar refractivity (Wildman–Crippen MR) is 124 cm³/mol. The quantitative estimate of drug-likeness (QED) is 0.615. The summed E-state index contributed by atoms with van der Waals surface area (Å²) in [6, 6.07) is 7.20. The highest BCUT2D eigenvalue weighted by Crippen LogP contribution is 2.22. The summed E-state index contributed by atoms with van der Waals surface area (Å²) in [5, 5.41) is 7.81. The van der Waals surface area contributed by atoms with Crippen LogP contribution in [0.1, 0.15) is 49.0 Å². The molecule has 1 aliphatic heterocycles. The highest BCUT2D eigenvalue weighted by atomic mass is 35.5. The van der Waals surface area contributed by atoms with Crippen LogP contribution in [0.15, 0.2) is 36.4 Å². The number of carbonyl (C=O) groups is 2. The minimum absolute atomic E-state index is 0.0499. The van der Waals surface area contributed by atoms with E-state index < -0.39 is 0 Å². The van der Waals surface area contributed by atoms with Crippen molar-refractivity contribution in [2.75, 3.05) is 20.1 Å². The van der Waals surface area contributed by atoms with Gasteiger partial charge in [0.1, 0.15) is 5.69 Å². The number of aromatic nitrogens is 1. The molecule has 0 radical (unpaired) electrons. The third-order valence-corrected chi connectivity index (χ3v) is 6.76. The first-order valence-corrected chi connectivity index (χ1v) is 11.6. The fourth-order valence-corrected chi connectivity index (χ4v) is 4.80. The molecular weight excluding hydrogens is 412 g/mol. The van der Waals surface area contributed by atoms with Gasteiger partial charge in [0.05, 0.1) is 0 Å². The number of allylic oxidation sites excluding steroid dienone is 1. The summed E-state index contributed by atoms with van der Waals surface area (Å²) in [6.45, 7) is 2.15. The van der Waals surface area contributed by atoms with Crippen molar-refractivity contribution in [1.29, 1.82) is 0 Å². The van der Waals surface area contributed by atoms with Crippen molar-refractivity contribution < 1.29 is 9.59 Å². The van der Waals surface area contributed by atoms with Crippen LogP contribution in [0.4, 0.5) is 0 Å². The summed E-state index contributed by atoms with van der Waals surface area (Å²) < 4.78 is 0. The molecule has 1 aromatic carbocycles. The van der Waals surface area contributed by atoms with Gasteiger partial charge < -0.3 is 20.5 Å². The summed E-state index contributed by atoms with van der Waals surface area (Å²) in [7, 11) is 2.13. The van der Waals surface area contributed by atoms with Crippen molar-refractivity contribution in [2.45, 2.75) is 50.6 Å². The minimum atomic E-state index is -0.152. The maximum atomic E-state index is 12.9. The molecule has 2 heterocycles. The first-order valence-electron chi connectivity index (χ1n) is 11.2. The number of H-pyrrole nitrogens is 1. The van der Waals surface area contributed by atoms with Crippen LogP contribution >= 0.6 is 11.6 Å². The Labute approximate surface area is 188 Å². The number of piperidine rings is 1. The fourth-order valence-electron chi connectivity index (χ4n) is 4.62. The Balaban J connectivity index is 1.35. The number of aromatic amines is 1. The van der Waals surface area contributed by atoms with Crippen LogP contribution in [0.5, 0.6) is 0 Å². The molecule has 166 valence electrons.